The predicted molar refractivity (Wildman–Crippen MR) is 171 cm³/mol. The molecule has 0 aromatic heterocycles. The number of primary amides is 1. The van der Waals surface area contributed by atoms with Gasteiger partial charge in [-0.3, -0.25) is 14.4 Å². The summed E-state index contributed by atoms with van der Waals surface area (Å²) in [4.78, 5) is 54.4. The molecule has 2 bridgehead atoms. The Kier molecular flexibility index (Phi) is 14.4. The van der Waals surface area contributed by atoms with Gasteiger partial charge < -0.3 is 40.6 Å². The Balaban J connectivity index is 2.66. The number of hydrogen-bond acceptors (Lipinski definition) is 10. The van der Waals surface area contributed by atoms with Gasteiger partial charge in [0.1, 0.15) is 6.10 Å². The Hall–Kier alpha value is -3.58. The first-order valence-corrected chi connectivity index (χ1v) is 15.1. The average Bonchev–Trinajstić information content (AvgIpc) is 2.98. The molecule has 1 aliphatic heterocycles. The van der Waals surface area contributed by atoms with E-state index in [-0.39, 0.29) is 46.2 Å². The zero-order valence-electron chi connectivity index (χ0n) is 27.9. The molecule has 12 nitrogen and oxygen atoms in total. The number of aliphatic hydroxyl groups is 1. The number of amides is 2. The van der Waals surface area contributed by atoms with E-state index in [2.05, 4.69) is 10.6 Å². The molecule has 2 aliphatic rings. The number of nitrogens with zero attached hydrogens (tertiary/aromatic N) is 1. The molecule has 2 amide bonds. The fourth-order valence-corrected chi connectivity index (χ4v) is 5.40. The van der Waals surface area contributed by atoms with Gasteiger partial charge in [-0.25, -0.2) is 4.79 Å². The predicted octanol–water partition coefficient (Wildman–Crippen LogP) is 2.30. The minimum Gasteiger partial charge on any atom is -0.439 e. The van der Waals surface area contributed by atoms with E-state index in [0.717, 1.165) is 0 Å². The van der Waals surface area contributed by atoms with Crippen LogP contribution in [0, 0.1) is 11.8 Å². The number of ketones is 2. The molecule has 1 aliphatic carbocycles. The van der Waals surface area contributed by atoms with Gasteiger partial charge in [0.25, 0.3) is 5.91 Å². The lowest BCUT2D eigenvalue weighted by Crippen LogP contribution is -2.40. The SMILES string of the molecule is CO[C@H]1C[C@H](C)CC2=C(NCCN(C)C)C(=O)C(C)=C(NC(=O)/C(C)=C/C=C\[C@@H](OC)[C@@H](OC(N)=O)/C(C)=C/[C@H](C)[C@H]1O)C2=O. The van der Waals surface area contributed by atoms with Crippen LogP contribution in [-0.2, 0) is 28.6 Å². The van der Waals surface area contributed by atoms with Crippen LogP contribution in [0.1, 0.15) is 47.5 Å². The van der Waals surface area contributed by atoms with Crippen molar-refractivity contribution in [2.24, 2.45) is 17.6 Å². The van der Waals surface area contributed by atoms with Gasteiger partial charge in [-0.1, -0.05) is 38.2 Å². The monoisotopic (exact) mass is 630 g/mol. The molecule has 250 valence electrons. The summed E-state index contributed by atoms with van der Waals surface area (Å²) in [5.41, 5.74) is 6.78. The summed E-state index contributed by atoms with van der Waals surface area (Å²) < 4.78 is 16.7. The molecule has 0 saturated heterocycles. The van der Waals surface area contributed by atoms with Crippen molar-refractivity contribution in [2.45, 2.75) is 71.9 Å². The number of rotatable bonds is 7. The van der Waals surface area contributed by atoms with Crippen molar-refractivity contribution in [2.75, 3.05) is 41.4 Å². The lowest BCUT2D eigenvalue weighted by Gasteiger charge is -2.30. The van der Waals surface area contributed by atoms with Gasteiger partial charge in [-0.15, -0.1) is 0 Å². The third kappa shape index (κ3) is 10.2. The number of allylic oxidation sites excluding steroid dienone is 4. The molecular formula is C33H50N4O8. The third-order valence-electron chi connectivity index (χ3n) is 8.05. The summed E-state index contributed by atoms with van der Waals surface area (Å²) in [6.07, 6.45) is 2.75. The lowest BCUT2D eigenvalue weighted by molar-refractivity contribution is -0.120. The van der Waals surface area contributed by atoms with Crippen LogP contribution in [0.2, 0.25) is 0 Å². The number of carbonyl (C=O) groups is 4. The third-order valence-corrected chi connectivity index (χ3v) is 8.05. The van der Waals surface area contributed by atoms with E-state index in [0.29, 0.717) is 25.1 Å². The van der Waals surface area contributed by atoms with Crippen LogP contribution < -0.4 is 16.4 Å². The normalized spacial score (nSPS) is 30.8. The summed E-state index contributed by atoms with van der Waals surface area (Å²) in [6, 6.07) is 0. The van der Waals surface area contributed by atoms with Crippen LogP contribution in [0.3, 0.4) is 0 Å². The van der Waals surface area contributed by atoms with E-state index in [9.17, 15) is 24.3 Å². The van der Waals surface area contributed by atoms with Crippen molar-refractivity contribution in [3.05, 3.63) is 58.0 Å². The first-order chi connectivity index (χ1) is 21.1. The van der Waals surface area contributed by atoms with Crippen molar-refractivity contribution in [1.29, 1.82) is 0 Å². The highest BCUT2D eigenvalue weighted by atomic mass is 16.6. The minimum absolute atomic E-state index is 0.0681. The Morgan fingerprint density at radius 3 is 2.36 bits per heavy atom. The van der Waals surface area contributed by atoms with Crippen molar-refractivity contribution >= 4 is 23.6 Å². The first kappa shape index (κ1) is 37.6. The number of aliphatic hydroxyl groups excluding tert-OH is 1. The van der Waals surface area contributed by atoms with Gasteiger partial charge in [0, 0.05) is 49.9 Å². The molecule has 0 aromatic rings. The van der Waals surface area contributed by atoms with E-state index in [1.54, 1.807) is 32.1 Å². The Labute approximate surface area is 266 Å². The van der Waals surface area contributed by atoms with E-state index in [1.807, 2.05) is 32.8 Å². The maximum absolute atomic E-state index is 13.9. The Bertz CT molecular complexity index is 1280. The standard InChI is InChI=1S/C33H50N4O8/c1-18-15-23-27(35-13-14-37(6)7)29(39)22(5)26(30(23)40)36-32(41)19(2)11-10-12-24(43-8)31(45-33(34)42)21(4)17-20(3)28(38)25(16-18)44-9/h10-12,17-18,20,24-25,28,31,35,38H,13-16H2,1-9H3,(H2,34,42)(H,36,41)/b12-10-,19-11+,21-17+/t18-,20+,24-,25+,28-,31+/m1/s1. The number of fused-ring (bicyclic) bond motifs is 2. The summed E-state index contributed by atoms with van der Waals surface area (Å²) in [7, 11) is 6.76. The van der Waals surface area contributed by atoms with Crippen molar-refractivity contribution in [3.63, 3.8) is 0 Å². The number of carbonyl (C=O) groups excluding carboxylic acids is 4. The number of Topliss-reactive ketones (excluding diaryl/α,β-unsaturated/α-hetero) is 2. The summed E-state index contributed by atoms with van der Waals surface area (Å²) in [5, 5.41) is 17.1. The second kappa shape index (κ2) is 17.2. The maximum Gasteiger partial charge on any atom is 0.405 e. The molecule has 2 rings (SSSR count). The first-order valence-electron chi connectivity index (χ1n) is 15.1. The number of likely N-dealkylation sites (N-methyl/N-ethyl adjacent to an activating group) is 1. The fraction of sp³-hybridized carbons (Fsp3) is 0.576. The van der Waals surface area contributed by atoms with Crippen LogP contribution in [0.5, 0.6) is 0 Å². The second-order valence-corrected chi connectivity index (χ2v) is 12.1. The van der Waals surface area contributed by atoms with Crippen molar-refractivity contribution in [3.8, 4) is 0 Å². The summed E-state index contributed by atoms with van der Waals surface area (Å²) in [6.45, 7) is 9.63. The van der Waals surface area contributed by atoms with Gasteiger partial charge in [0.15, 0.2) is 6.10 Å². The van der Waals surface area contributed by atoms with E-state index >= 15 is 0 Å². The van der Waals surface area contributed by atoms with Gasteiger partial charge in [0.2, 0.25) is 11.6 Å². The Morgan fingerprint density at radius 2 is 1.78 bits per heavy atom. The van der Waals surface area contributed by atoms with Gasteiger partial charge in [-0.05, 0) is 59.2 Å². The average molecular weight is 631 g/mol. The van der Waals surface area contributed by atoms with Crippen molar-refractivity contribution < 1.29 is 38.5 Å². The number of ether oxygens (including phenoxy) is 3. The zero-order valence-corrected chi connectivity index (χ0v) is 27.9. The van der Waals surface area contributed by atoms with Crippen molar-refractivity contribution in [1.82, 2.24) is 15.5 Å². The van der Waals surface area contributed by atoms with Crippen LogP contribution in [-0.4, -0.2) is 99.4 Å². The van der Waals surface area contributed by atoms with Crippen LogP contribution in [0.15, 0.2) is 58.0 Å². The molecule has 0 fully saturated rings. The molecule has 1 heterocycles. The maximum atomic E-state index is 13.9. The molecule has 5 N–H and O–H groups in total. The fourth-order valence-electron chi connectivity index (χ4n) is 5.40. The van der Waals surface area contributed by atoms with E-state index < -0.39 is 48.1 Å². The Morgan fingerprint density at radius 1 is 1.11 bits per heavy atom. The molecule has 12 heteroatoms. The molecule has 0 spiro atoms. The van der Waals surface area contributed by atoms with Crippen LogP contribution in [0.25, 0.3) is 0 Å². The molecule has 45 heavy (non-hydrogen) atoms. The smallest absolute Gasteiger partial charge is 0.405 e. The molecule has 6 atom stereocenters. The number of hydrogen-bond donors (Lipinski definition) is 4. The number of nitrogens with one attached hydrogen (secondary N) is 2. The summed E-state index contributed by atoms with van der Waals surface area (Å²) >= 11 is 0. The molecule has 0 saturated carbocycles. The zero-order chi connectivity index (χ0) is 34.0. The van der Waals surface area contributed by atoms with E-state index in [1.165, 1.54) is 27.2 Å². The van der Waals surface area contributed by atoms with Crippen LogP contribution >= 0.6 is 0 Å². The topological polar surface area (TPSA) is 170 Å². The minimum atomic E-state index is -0.997. The highest BCUT2D eigenvalue weighted by Gasteiger charge is 2.35. The van der Waals surface area contributed by atoms with Gasteiger partial charge >= 0.3 is 6.09 Å². The number of methoxy groups -OCH3 is 2. The van der Waals surface area contributed by atoms with Gasteiger partial charge in [-0.2, -0.15) is 0 Å². The molecule has 0 aromatic carbocycles. The molecular weight excluding hydrogens is 580 g/mol. The highest BCUT2D eigenvalue weighted by Crippen LogP contribution is 2.30. The van der Waals surface area contributed by atoms with E-state index in [4.69, 9.17) is 19.9 Å². The largest absolute Gasteiger partial charge is 0.439 e. The molecule has 0 radical (unpaired) electrons. The number of nitrogens with two attached hydrogens (primary N) is 1. The molecule has 0 unspecified atom stereocenters. The summed E-state index contributed by atoms with van der Waals surface area (Å²) in [5.74, 6) is -2.00. The highest BCUT2D eigenvalue weighted by molar-refractivity contribution is 6.25. The van der Waals surface area contributed by atoms with Crippen LogP contribution in [0.4, 0.5) is 4.79 Å². The quantitative estimate of drug-likeness (QED) is 0.242. The van der Waals surface area contributed by atoms with Gasteiger partial charge in [0.05, 0.1) is 23.6 Å². The second-order valence-electron chi connectivity index (χ2n) is 12.1. The lowest BCUT2D eigenvalue weighted by atomic mass is 9.83.